The van der Waals surface area contributed by atoms with Crippen molar-refractivity contribution in [1.29, 1.82) is 0 Å². The van der Waals surface area contributed by atoms with Gasteiger partial charge in [0.15, 0.2) is 0 Å². The van der Waals surface area contributed by atoms with Crippen molar-refractivity contribution >= 4 is 11.8 Å². The zero-order valence-corrected chi connectivity index (χ0v) is 11.7. The van der Waals surface area contributed by atoms with Gasteiger partial charge in [-0.25, -0.2) is 0 Å². The van der Waals surface area contributed by atoms with Crippen molar-refractivity contribution in [3.05, 3.63) is 18.0 Å². The van der Waals surface area contributed by atoms with E-state index in [0.717, 1.165) is 18.2 Å². The molecule has 96 valence electrons. The molecule has 0 aliphatic carbocycles. The number of nitrogens with one attached hydrogen (secondary N) is 1. The number of hydrogen-bond acceptors (Lipinski definition) is 3. The Balaban J connectivity index is 1.94. The smallest absolute Gasteiger partial charge is 0.0522 e. The summed E-state index contributed by atoms with van der Waals surface area (Å²) in [6.45, 7) is 3.36. The van der Waals surface area contributed by atoms with Crippen molar-refractivity contribution in [2.75, 3.05) is 12.3 Å². The van der Waals surface area contributed by atoms with E-state index in [-0.39, 0.29) is 0 Å². The summed E-state index contributed by atoms with van der Waals surface area (Å²) in [5.74, 6) is 1.34. The molecule has 1 aliphatic rings. The van der Waals surface area contributed by atoms with E-state index in [1.807, 2.05) is 17.9 Å². The minimum Gasteiger partial charge on any atom is -0.313 e. The zero-order chi connectivity index (χ0) is 12.1. The highest BCUT2D eigenvalue weighted by atomic mass is 32.2. The van der Waals surface area contributed by atoms with E-state index in [0.29, 0.717) is 6.04 Å². The van der Waals surface area contributed by atoms with Gasteiger partial charge in [0.1, 0.15) is 0 Å². The van der Waals surface area contributed by atoms with Crippen LogP contribution in [0.5, 0.6) is 0 Å². The molecule has 2 unspecified atom stereocenters. The molecule has 0 amide bonds. The molecule has 1 N–H and O–H groups in total. The molecule has 4 heteroatoms. The second-order valence-electron chi connectivity index (χ2n) is 4.84. The van der Waals surface area contributed by atoms with Gasteiger partial charge in [-0.1, -0.05) is 6.92 Å². The number of rotatable bonds is 6. The number of aromatic nitrogens is 2. The van der Waals surface area contributed by atoms with Gasteiger partial charge < -0.3 is 5.32 Å². The molecule has 1 aromatic rings. The Hall–Kier alpha value is -0.480. The fraction of sp³-hybridized carbons (Fsp3) is 0.769. The Morgan fingerprint density at radius 2 is 2.53 bits per heavy atom. The van der Waals surface area contributed by atoms with Crippen LogP contribution >= 0.6 is 11.8 Å². The summed E-state index contributed by atoms with van der Waals surface area (Å²) in [5, 5.41) is 8.76. The Kier molecular flexibility index (Phi) is 4.92. The fourth-order valence-corrected chi connectivity index (χ4v) is 3.81. The van der Waals surface area contributed by atoms with E-state index < -0.39 is 0 Å². The van der Waals surface area contributed by atoms with Crippen LogP contribution in [0, 0.1) is 0 Å². The Morgan fingerprint density at radius 1 is 1.65 bits per heavy atom. The molecule has 1 saturated heterocycles. The van der Waals surface area contributed by atoms with Crippen molar-refractivity contribution in [1.82, 2.24) is 15.1 Å². The maximum absolute atomic E-state index is 4.26. The van der Waals surface area contributed by atoms with Gasteiger partial charge >= 0.3 is 0 Å². The molecule has 1 aromatic heterocycles. The highest BCUT2D eigenvalue weighted by molar-refractivity contribution is 8.00. The lowest BCUT2D eigenvalue weighted by atomic mass is 10.0. The van der Waals surface area contributed by atoms with Gasteiger partial charge in [-0.3, -0.25) is 4.68 Å². The lowest BCUT2D eigenvalue weighted by Gasteiger charge is -2.23. The average molecular weight is 253 g/mol. The third-order valence-corrected chi connectivity index (χ3v) is 4.80. The first-order valence-electron chi connectivity index (χ1n) is 6.62. The Labute approximate surface area is 108 Å². The van der Waals surface area contributed by atoms with Crippen LogP contribution in [0.3, 0.4) is 0 Å². The molecule has 1 fully saturated rings. The second kappa shape index (κ2) is 6.45. The molecule has 0 spiro atoms. The van der Waals surface area contributed by atoms with Crippen LogP contribution in [0.15, 0.2) is 12.4 Å². The largest absolute Gasteiger partial charge is 0.313 e. The van der Waals surface area contributed by atoms with Crippen molar-refractivity contribution in [3.8, 4) is 0 Å². The molecule has 1 aliphatic heterocycles. The molecule has 17 heavy (non-hydrogen) atoms. The van der Waals surface area contributed by atoms with Crippen LogP contribution in [0.2, 0.25) is 0 Å². The molecule has 2 rings (SSSR count). The average Bonchev–Trinajstić information content (AvgIpc) is 2.95. The summed E-state index contributed by atoms with van der Waals surface area (Å²) >= 11 is 2.14. The first-order chi connectivity index (χ1) is 8.29. The maximum atomic E-state index is 4.26. The van der Waals surface area contributed by atoms with E-state index in [4.69, 9.17) is 0 Å². The summed E-state index contributed by atoms with van der Waals surface area (Å²) in [7, 11) is 1.99. The van der Waals surface area contributed by atoms with Crippen LogP contribution in [-0.2, 0) is 13.5 Å². The molecule has 2 atom stereocenters. The Morgan fingerprint density at radius 3 is 3.12 bits per heavy atom. The van der Waals surface area contributed by atoms with Crippen molar-refractivity contribution in [3.63, 3.8) is 0 Å². The second-order valence-corrected chi connectivity index (χ2v) is 6.19. The van der Waals surface area contributed by atoms with Gasteiger partial charge in [0.25, 0.3) is 0 Å². The zero-order valence-electron chi connectivity index (χ0n) is 10.9. The quantitative estimate of drug-likeness (QED) is 0.843. The highest BCUT2D eigenvalue weighted by Gasteiger charge is 2.25. The van der Waals surface area contributed by atoms with E-state index in [1.165, 1.54) is 30.6 Å². The minimum absolute atomic E-state index is 0.617. The molecular formula is C13H23N3S. The van der Waals surface area contributed by atoms with E-state index in [9.17, 15) is 0 Å². The Bertz CT molecular complexity index is 331. The summed E-state index contributed by atoms with van der Waals surface area (Å²) in [6, 6.07) is 0.617. The number of hydrogen-bond donors (Lipinski definition) is 1. The topological polar surface area (TPSA) is 29.9 Å². The monoisotopic (exact) mass is 253 g/mol. The van der Waals surface area contributed by atoms with Crippen LogP contribution < -0.4 is 5.32 Å². The normalized spacial score (nSPS) is 21.9. The predicted molar refractivity (Wildman–Crippen MR) is 74.5 cm³/mol. The summed E-state index contributed by atoms with van der Waals surface area (Å²) in [4.78, 5) is 0. The third-order valence-electron chi connectivity index (χ3n) is 3.28. The van der Waals surface area contributed by atoms with E-state index in [2.05, 4.69) is 35.3 Å². The first kappa shape index (κ1) is 13.0. The highest BCUT2D eigenvalue weighted by Crippen LogP contribution is 2.30. The molecule has 0 radical (unpaired) electrons. The van der Waals surface area contributed by atoms with Crippen LogP contribution in [0.25, 0.3) is 0 Å². The van der Waals surface area contributed by atoms with Crippen molar-refractivity contribution < 1.29 is 0 Å². The summed E-state index contributed by atoms with van der Waals surface area (Å²) in [5.41, 5.74) is 1.36. The lowest BCUT2D eigenvalue weighted by molar-refractivity contribution is 0.482. The van der Waals surface area contributed by atoms with E-state index in [1.54, 1.807) is 0 Å². The molecule has 0 saturated carbocycles. The molecule has 2 heterocycles. The molecule has 0 bridgehead atoms. The van der Waals surface area contributed by atoms with Crippen LogP contribution in [-0.4, -0.2) is 33.4 Å². The molecule has 0 aromatic carbocycles. The maximum Gasteiger partial charge on any atom is 0.0522 e. The van der Waals surface area contributed by atoms with E-state index >= 15 is 0 Å². The van der Waals surface area contributed by atoms with Crippen LogP contribution in [0.4, 0.5) is 0 Å². The van der Waals surface area contributed by atoms with Gasteiger partial charge in [-0.2, -0.15) is 16.9 Å². The van der Waals surface area contributed by atoms with Gasteiger partial charge in [0.05, 0.1) is 6.20 Å². The predicted octanol–water partition coefficient (Wildman–Crippen LogP) is 2.23. The van der Waals surface area contributed by atoms with Crippen molar-refractivity contribution in [2.24, 2.45) is 7.05 Å². The van der Waals surface area contributed by atoms with Crippen molar-refractivity contribution in [2.45, 2.75) is 43.9 Å². The number of nitrogens with zero attached hydrogens (tertiary/aromatic N) is 2. The first-order valence-corrected chi connectivity index (χ1v) is 7.67. The third kappa shape index (κ3) is 3.75. The molecule has 3 nitrogen and oxygen atoms in total. The van der Waals surface area contributed by atoms with Gasteiger partial charge in [0, 0.05) is 24.5 Å². The summed E-state index contributed by atoms with van der Waals surface area (Å²) < 4.78 is 1.90. The van der Waals surface area contributed by atoms with Crippen LogP contribution in [0.1, 0.15) is 31.7 Å². The number of thioether (sulfide) groups is 1. The lowest BCUT2D eigenvalue weighted by Crippen LogP contribution is -2.39. The standard InChI is InChI=1S/C13H23N3S/c1-3-6-14-12(13-5-4-7-17-13)8-11-9-15-16(2)10-11/h9-10,12-14H,3-8H2,1-2H3. The molecular weight excluding hydrogens is 230 g/mol. The minimum atomic E-state index is 0.617. The fourth-order valence-electron chi connectivity index (χ4n) is 2.42. The SMILES string of the molecule is CCCNC(Cc1cnn(C)c1)C1CCCS1. The van der Waals surface area contributed by atoms with Gasteiger partial charge in [0.2, 0.25) is 0 Å². The van der Waals surface area contributed by atoms with Gasteiger partial charge in [-0.15, -0.1) is 0 Å². The number of aryl methyl sites for hydroxylation is 1. The summed E-state index contributed by atoms with van der Waals surface area (Å²) in [6.07, 6.45) is 9.21. The van der Waals surface area contributed by atoms with Gasteiger partial charge in [-0.05, 0) is 43.5 Å².